The molecule has 0 fully saturated rings. The molecule has 9 heteroatoms. The molecule has 0 heterocycles. The van der Waals surface area contributed by atoms with E-state index in [9.17, 15) is 15.0 Å². The van der Waals surface area contributed by atoms with Gasteiger partial charge in [0.05, 0.1) is 6.61 Å². The summed E-state index contributed by atoms with van der Waals surface area (Å²) in [6.07, 6.45) is -3.15. The Balaban J connectivity index is 5.34. The molecule has 0 radical (unpaired) electrons. The smallest absolute Gasteiger partial charge is 0.334 e. The molecule has 138 valence electrons. The van der Waals surface area contributed by atoms with Crippen molar-refractivity contribution in [3.05, 3.63) is 0 Å². The third kappa shape index (κ3) is 11.2. The molecule has 23 heavy (non-hydrogen) atoms. The Labute approximate surface area is 143 Å². The summed E-state index contributed by atoms with van der Waals surface area (Å²) in [4.78, 5) is 11.7. The van der Waals surface area contributed by atoms with Crippen LogP contribution in [-0.2, 0) is 18.1 Å². The van der Waals surface area contributed by atoms with E-state index in [0.29, 0.717) is 0 Å². The maximum Gasteiger partial charge on any atom is 0.334 e. The summed E-state index contributed by atoms with van der Waals surface area (Å²) in [5.41, 5.74) is 0. The van der Waals surface area contributed by atoms with Crippen LogP contribution in [0, 0.1) is 0 Å². The van der Waals surface area contributed by atoms with Gasteiger partial charge in [-0.3, -0.25) is 0 Å². The summed E-state index contributed by atoms with van der Waals surface area (Å²) in [5.74, 6) is -1.11. The summed E-state index contributed by atoms with van der Waals surface area (Å²) in [5, 5.41) is 20.1. The second-order valence-corrected chi connectivity index (χ2v) is 22.1. The first-order valence-corrected chi connectivity index (χ1v) is 18.1. The lowest BCUT2D eigenvalue weighted by molar-refractivity contribution is -0.155. The molecule has 0 aliphatic heterocycles. The molecule has 0 aromatic carbocycles. The number of carboxylic acid groups (broad SMARTS) is 1. The number of aliphatic hydroxyl groups excluding tert-OH is 1. The number of carbonyl (C=O) groups is 1. The zero-order valence-electron chi connectivity index (χ0n) is 16.0. The van der Waals surface area contributed by atoms with Crippen molar-refractivity contribution < 1.29 is 28.3 Å². The predicted octanol–water partition coefficient (Wildman–Crippen LogP) is 2.72. The summed E-state index contributed by atoms with van der Waals surface area (Å²) in [6.45, 7) is 17.7. The Morgan fingerprint density at radius 1 is 0.870 bits per heavy atom. The van der Waals surface area contributed by atoms with Crippen molar-refractivity contribution in [2.45, 2.75) is 77.2 Å². The monoisotopic (exact) mass is 382 g/mol. The van der Waals surface area contributed by atoms with Crippen molar-refractivity contribution >= 4 is 30.9 Å². The van der Waals surface area contributed by atoms with E-state index in [1.165, 1.54) is 0 Å². The van der Waals surface area contributed by atoms with Gasteiger partial charge in [0.15, 0.2) is 31.1 Å². The van der Waals surface area contributed by atoms with Crippen LogP contribution >= 0.6 is 0 Å². The first kappa shape index (κ1) is 23.0. The normalized spacial score (nSPS) is 17.7. The lowest BCUT2D eigenvalue weighted by Crippen LogP contribution is -2.54. The Hall–Kier alpha value is -0.0394. The van der Waals surface area contributed by atoms with Crippen LogP contribution in [0.25, 0.3) is 0 Å². The Morgan fingerprint density at radius 2 is 1.30 bits per heavy atom. The van der Waals surface area contributed by atoms with Crippen molar-refractivity contribution in [1.29, 1.82) is 0 Å². The molecule has 0 saturated carbocycles. The van der Waals surface area contributed by atoms with Gasteiger partial charge in [0, 0.05) is 0 Å². The predicted molar refractivity (Wildman–Crippen MR) is 99.4 cm³/mol. The van der Waals surface area contributed by atoms with Gasteiger partial charge >= 0.3 is 5.97 Å². The van der Waals surface area contributed by atoms with Crippen molar-refractivity contribution in [3.8, 4) is 0 Å². The van der Waals surface area contributed by atoms with Crippen LogP contribution < -0.4 is 0 Å². The Kier molecular flexibility index (Phi) is 8.35. The maximum atomic E-state index is 11.7. The average molecular weight is 383 g/mol. The van der Waals surface area contributed by atoms with Gasteiger partial charge in [-0.05, 0) is 58.9 Å². The van der Waals surface area contributed by atoms with E-state index >= 15 is 0 Å². The minimum absolute atomic E-state index is 0.0592. The molecule has 0 rings (SSSR count). The fourth-order valence-corrected chi connectivity index (χ4v) is 4.58. The highest BCUT2D eigenvalue weighted by molar-refractivity contribution is 6.70. The van der Waals surface area contributed by atoms with Gasteiger partial charge in [-0.25, -0.2) is 4.79 Å². The van der Waals surface area contributed by atoms with Crippen LogP contribution in [0.15, 0.2) is 0 Å². The van der Waals surface area contributed by atoms with Gasteiger partial charge in [0.25, 0.3) is 0 Å². The van der Waals surface area contributed by atoms with E-state index in [4.69, 9.17) is 13.3 Å². The zero-order valence-corrected chi connectivity index (χ0v) is 19.0. The van der Waals surface area contributed by atoms with Gasteiger partial charge in [0.2, 0.25) is 0 Å². The third-order valence-corrected chi connectivity index (χ3v) is 5.55. The minimum atomic E-state index is -2.12. The van der Waals surface area contributed by atoms with Crippen LogP contribution in [0.4, 0.5) is 0 Å². The van der Waals surface area contributed by atoms with Crippen LogP contribution in [0.2, 0.25) is 58.9 Å². The van der Waals surface area contributed by atoms with Crippen LogP contribution in [-0.4, -0.2) is 66.1 Å². The minimum Gasteiger partial charge on any atom is -0.479 e. The van der Waals surface area contributed by atoms with Crippen molar-refractivity contribution in [2.24, 2.45) is 0 Å². The topological polar surface area (TPSA) is 85.2 Å². The summed E-state index contributed by atoms with van der Waals surface area (Å²) >= 11 is 0. The molecule has 0 saturated heterocycles. The molecule has 0 aromatic rings. The number of aliphatic hydroxyl groups is 1. The second-order valence-electron chi connectivity index (χ2n) is 8.67. The SMILES string of the molecule is C[Si](C)(C)OC[C@@H](O)[C@H](O[Si](C)(C)C)[C@@H](O[Si](C)(C)C)C(=O)O. The van der Waals surface area contributed by atoms with E-state index in [1.807, 2.05) is 58.9 Å². The highest BCUT2D eigenvalue weighted by Gasteiger charge is 2.41. The lowest BCUT2D eigenvalue weighted by Gasteiger charge is -2.36. The number of aliphatic carboxylic acids is 1. The van der Waals surface area contributed by atoms with Crippen LogP contribution in [0.1, 0.15) is 0 Å². The zero-order chi connectivity index (χ0) is 18.6. The standard InChI is InChI=1S/C14H34O6Si3/c1-21(2,3)18-10-11(15)12(19-22(4,5)6)13(14(16)17)20-23(7,8)9/h11-13,15H,10H2,1-9H3,(H,16,17)/t11-,12+,13-/m1/s1. The highest BCUT2D eigenvalue weighted by atomic mass is 28.4. The van der Waals surface area contributed by atoms with Crippen molar-refractivity contribution in [3.63, 3.8) is 0 Å². The first-order chi connectivity index (χ1) is 10.0. The number of hydrogen-bond acceptors (Lipinski definition) is 5. The molecule has 0 bridgehead atoms. The van der Waals surface area contributed by atoms with E-state index in [2.05, 4.69) is 0 Å². The molecular weight excluding hydrogens is 348 g/mol. The largest absolute Gasteiger partial charge is 0.479 e. The summed E-state index contributed by atoms with van der Waals surface area (Å²) in [7, 11) is -6.01. The van der Waals surface area contributed by atoms with Gasteiger partial charge in [-0.1, -0.05) is 0 Å². The van der Waals surface area contributed by atoms with E-state index in [-0.39, 0.29) is 6.61 Å². The van der Waals surface area contributed by atoms with Crippen molar-refractivity contribution in [1.82, 2.24) is 0 Å². The van der Waals surface area contributed by atoms with E-state index in [1.54, 1.807) is 0 Å². The fraction of sp³-hybridized carbons (Fsp3) is 0.929. The van der Waals surface area contributed by atoms with E-state index < -0.39 is 49.2 Å². The fourth-order valence-electron chi connectivity index (χ4n) is 1.82. The van der Waals surface area contributed by atoms with Crippen molar-refractivity contribution in [2.75, 3.05) is 6.61 Å². The van der Waals surface area contributed by atoms with Crippen LogP contribution in [0.3, 0.4) is 0 Å². The molecule has 3 atom stereocenters. The molecule has 0 spiro atoms. The summed E-state index contributed by atoms with van der Waals surface area (Å²) < 4.78 is 17.5. The molecule has 0 aliphatic carbocycles. The second kappa shape index (κ2) is 8.37. The Bertz CT molecular complexity index is 383. The quantitative estimate of drug-likeness (QED) is 0.565. The highest BCUT2D eigenvalue weighted by Crippen LogP contribution is 2.21. The average Bonchev–Trinajstić information content (AvgIpc) is 2.26. The lowest BCUT2D eigenvalue weighted by atomic mass is 10.1. The molecular formula is C14H34O6Si3. The van der Waals surface area contributed by atoms with Gasteiger partial charge in [0.1, 0.15) is 12.2 Å². The maximum absolute atomic E-state index is 11.7. The number of hydrogen-bond donors (Lipinski definition) is 2. The van der Waals surface area contributed by atoms with Gasteiger partial charge in [-0.15, -0.1) is 0 Å². The number of rotatable bonds is 10. The molecule has 0 unspecified atom stereocenters. The molecule has 0 amide bonds. The molecule has 2 N–H and O–H groups in total. The van der Waals surface area contributed by atoms with Crippen LogP contribution in [0.5, 0.6) is 0 Å². The molecule has 0 aliphatic rings. The Morgan fingerprint density at radius 3 is 1.61 bits per heavy atom. The molecule has 0 aromatic heterocycles. The molecule has 6 nitrogen and oxygen atoms in total. The van der Waals surface area contributed by atoms with Gasteiger partial charge < -0.3 is 23.5 Å². The third-order valence-electron chi connectivity index (χ3n) is 2.58. The number of carboxylic acids is 1. The summed E-state index contributed by atoms with van der Waals surface area (Å²) in [6, 6.07) is 0. The van der Waals surface area contributed by atoms with E-state index in [0.717, 1.165) is 0 Å². The van der Waals surface area contributed by atoms with Gasteiger partial charge in [-0.2, -0.15) is 0 Å². The first-order valence-electron chi connectivity index (χ1n) is 7.92.